The van der Waals surface area contributed by atoms with Crippen molar-refractivity contribution in [2.45, 2.75) is 7.55 Å². The Kier molecular flexibility index (Phi) is 8.71. The molecule has 0 aromatic heterocycles. The number of benzene rings is 3. The van der Waals surface area contributed by atoms with E-state index in [1.54, 1.807) is 0 Å². The van der Waals surface area contributed by atoms with Gasteiger partial charge in [0.15, 0.2) is 0 Å². The Bertz CT molecular complexity index is 854. The zero-order valence-corrected chi connectivity index (χ0v) is 21.6. The molecule has 31 heavy (non-hydrogen) atoms. The van der Waals surface area contributed by atoms with E-state index in [2.05, 4.69) is 130 Å². The second-order valence-corrected chi connectivity index (χ2v) is 13.3. The normalized spacial score (nSPS) is 11.2. The van der Waals surface area contributed by atoms with Crippen molar-refractivity contribution in [1.82, 2.24) is 0 Å². The van der Waals surface area contributed by atoms with Crippen LogP contribution < -0.4 is 14.7 Å². The summed E-state index contributed by atoms with van der Waals surface area (Å²) in [5, 5.41) is 0. The summed E-state index contributed by atoms with van der Waals surface area (Å²) in [6.45, 7) is 0. The minimum atomic E-state index is -1.32. The summed E-state index contributed by atoms with van der Waals surface area (Å²) in [7, 11) is 12.9. The van der Waals surface area contributed by atoms with Gasteiger partial charge in [-0.05, 0) is 0 Å². The summed E-state index contributed by atoms with van der Waals surface area (Å²) < 4.78 is 3.60. The fraction of sp³-hybridized carbons (Fsp3) is 0.333. The first-order valence-corrected chi connectivity index (χ1v) is 14.6. The van der Waals surface area contributed by atoms with Gasteiger partial charge in [0.1, 0.15) is 0 Å². The van der Waals surface area contributed by atoms with Gasteiger partial charge >= 0.3 is 203 Å². The monoisotopic (exact) mass is 567 g/mol. The van der Waals surface area contributed by atoms with Crippen molar-refractivity contribution in [2.75, 3.05) is 57.0 Å². The summed E-state index contributed by atoms with van der Waals surface area (Å²) in [5.74, 6) is 0. The van der Waals surface area contributed by atoms with Gasteiger partial charge in [-0.15, -0.1) is 0 Å². The first-order valence-electron chi connectivity index (χ1n) is 10.5. The van der Waals surface area contributed by atoms with Crippen molar-refractivity contribution in [3.63, 3.8) is 0 Å². The number of para-hydroxylation sites is 3. The van der Waals surface area contributed by atoms with Crippen LogP contribution in [0.3, 0.4) is 0 Å². The fourth-order valence-electron chi connectivity index (χ4n) is 3.71. The van der Waals surface area contributed by atoms with Crippen molar-refractivity contribution in [3.8, 4) is 0 Å². The second kappa shape index (κ2) is 11.3. The first-order chi connectivity index (χ1) is 14.9. The van der Waals surface area contributed by atoms with E-state index in [4.69, 9.17) is 0 Å². The molecular formula is C27H36HoN3. The number of anilines is 3. The summed E-state index contributed by atoms with van der Waals surface area (Å²) >= 11 is -1.32. The van der Waals surface area contributed by atoms with Crippen LogP contribution in [0.4, 0.5) is 17.1 Å². The van der Waals surface area contributed by atoms with Gasteiger partial charge in [0, 0.05) is 0 Å². The molecule has 0 bridgehead atoms. The van der Waals surface area contributed by atoms with Crippen molar-refractivity contribution in [3.05, 3.63) is 89.5 Å². The van der Waals surface area contributed by atoms with Gasteiger partial charge in [-0.1, -0.05) is 0 Å². The Hall–Kier alpha value is -1.68. The molecular weight excluding hydrogens is 531 g/mol. The predicted octanol–water partition coefficient (Wildman–Crippen LogP) is 5.41. The van der Waals surface area contributed by atoms with Crippen molar-refractivity contribution < 1.29 is 31.9 Å². The number of nitrogens with zero attached hydrogens (tertiary/aromatic N) is 3. The van der Waals surface area contributed by atoms with Crippen LogP contribution in [0.25, 0.3) is 0 Å². The Balaban J connectivity index is 1.97. The molecule has 0 amide bonds. The van der Waals surface area contributed by atoms with Crippen molar-refractivity contribution in [1.29, 1.82) is 0 Å². The van der Waals surface area contributed by atoms with E-state index in [0.29, 0.717) is 0 Å². The molecule has 0 N–H and O–H groups in total. The second-order valence-electron chi connectivity index (χ2n) is 8.34. The molecule has 4 heteroatoms. The van der Waals surface area contributed by atoms with E-state index < -0.39 is 31.9 Å². The van der Waals surface area contributed by atoms with Crippen LogP contribution in [0.15, 0.2) is 72.8 Å². The Morgan fingerprint density at radius 2 is 0.710 bits per heavy atom. The molecule has 3 rings (SSSR count). The van der Waals surface area contributed by atoms with Crippen molar-refractivity contribution >= 4 is 17.1 Å². The molecule has 3 aromatic rings. The zero-order chi connectivity index (χ0) is 22.4. The van der Waals surface area contributed by atoms with Crippen LogP contribution in [-0.4, -0.2) is 42.3 Å². The van der Waals surface area contributed by atoms with Gasteiger partial charge in [-0.25, -0.2) is 0 Å². The SMILES string of the molecule is CN(C)c1ccccc1[CH2][Ho]([CH2]c1ccccc1N(C)C)[CH2]c1ccccc1N(C)C. The molecule has 0 radical (unpaired) electrons. The number of hydrogen-bond acceptors (Lipinski definition) is 3. The van der Waals surface area contributed by atoms with Gasteiger partial charge in [-0.2, -0.15) is 0 Å². The number of hydrogen-bond donors (Lipinski definition) is 0. The van der Waals surface area contributed by atoms with Crippen LogP contribution in [0.5, 0.6) is 0 Å². The summed E-state index contributed by atoms with van der Waals surface area (Å²) in [6, 6.07) is 26.8. The Morgan fingerprint density at radius 3 is 0.968 bits per heavy atom. The quantitative estimate of drug-likeness (QED) is 0.321. The third-order valence-electron chi connectivity index (χ3n) is 5.22. The molecule has 3 nitrogen and oxygen atoms in total. The van der Waals surface area contributed by atoms with Gasteiger partial charge in [-0.3, -0.25) is 0 Å². The Labute approximate surface area is 201 Å². The van der Waals surface area contributed by atoms with E-state index in [1.165, 1.54) is 41.3 Å². The molecule has 0 saturated heterocycles. The molecule has 3 aromatic carbocycles. The molecule has 0 aliphatic carbocycles. The molecule has 0 heterocycles. The van der Waals surface area contributed by atoms with Crippen LogP contribution in [0, 0.1) is 31.9 Å². The topological polar surface area (TPSA) is 9.72 Å². The van der Waals surface area contributed by atoms with Gasteiger partial charge in [0.25, 0.3) is 0 Å². The molecule has 0 aliphatic rings. The van der Waals surface area contributed by atoms with Crippen molar-refractivity contribution in [2.24, 2.45) is 0 Å². The molecule has 170 valence electrons. The summed E-state index contributed by atoms with van der Waals surface area (Å²) in [5.41, 5.74) is 8.51. The van der Waals surface area contributed by atoms with Crippen LogP contribution in [0.2, 0.25) is 0 Å². The summed E-state index contributed by atoms with van der Waals surface area (Å²) in [4.78, 5) is 6.76. The van der Waals surface area contributed by atoms with Gasteiger partial charge < -0.3 is 0 Å². The maximum absolute atomic E-state index is 2.33. The fourth-order valence-corrected chi connectivity index (χ4v) is 9.30. The zero-order valence-electron chi connectivity index (χ0n) is 19.7. The van der Waals surface area contributed by atoms with E-state index in [0.717, 1.165) is 0 Å². The van der Waals surface area contributed by atoms with E-state index >= 15 is 0 Å². The molecule has 0 aliphatic heterocycles. The van der Waals surface area contributed by atoms with Crippen LogP contribution in [-0.2, 0) is 7.55 Å². The van der Waals surface area contributed by atoms with E-state index in [-0.39, 0.29) is 0 Å². The molecule has 0 fully saturated rings. The number of rotatable bonds is 9. The summed E-state index contributed by atoms with van der Waals surface area (Å²) in [6.07, 6.45) is 0. The Morgan fingerprint density at radius 1 is 0.452 bits per heavy atom. The average molecular weight is 568 g/mol. The third-order valence-corrected chi connectivity index (χ3v) is 10.3. The minimum absolute atomic E-state index is 1.20. The maximum atomic E-state index is 2.33. The molecule has 0 unspecified atom stereocenters. The average Bonchev–Trinajstić information content (AvgIpc) is 2.74. The molecule has 0 atom stereocenters. The third kappa shape index (κ3) is 6.41. The van der Waals surface area contributed by atoms with E-state index in [9.17, 15) is 0 Å². The molecule has 0 spiro atoms. The van der Waals surface area contributed by atoms with E-state index in [1.807, 2.05) is 0 Å². The van der Waals surface area contributed by atoms with Crippen LogP contribution >= 0.6 is 0 Å². The molecule has 0 saturated carbocycles. The standard InChI is InChI=1S/3C9H12N.Ho/c3*1-8-6-4-5-7-9(8)10(2)3;/h3*4-7H,1H2,2-3H3;. The van der Waals surface area contributed by atoms with Gasteiger partial charge in [0.05, 0.1) is 0 Å². The van der Waals surface area contributed by atoms with Crippen LogP contribution in [0.1, 0.15) is 16.7 Å². The predicted molar refractivity (Wildman–Crippen MR) is 133 cm³/mol. The van der Waals surface area contributed by atoms with Gasteiger partial charge in [0.2, 0.25) is 0 Å². The first kappa shape index (κ1) is 24.0.